The van der Waals surface area contributed by atoms with Crippen molar-refractivity contribution < 1.29 is 5.11 Å². The second-order valence-electron chi connectivity index (χ2n) is 2.07. The van der Waals surface area contributed by atoms with Gasteiger partial charge in [-0.05, 0) is 0 Å². The maximum absolute atomic E-state index is 8.45. The highest BCUT2D eigenvalue weighted by atomic mass is 32.1. The van der Waals surface area contributed by atoms with E-state index in [0.29, 0.717) is 11.7 Å². The van der Waals surface area contributed by atoms with Crippen molar-refractivity contribution in [2.24, 2.45) is 0 Å². The molecule has 0 amide bonds. The number of hydrogen-bond donors (Lipinski definition) is 3. The highest BCUT2D eigenvalue weighted by molar-refractivity contribution is 7.15. The van der Waals surface area contributed by atoms with E-state index in [9.17, 15) is 0 Å². The third-order valence-corrected chi connectivity index (χ3v) is 1.99. The van der Waals surface area contributed by atoms with Crippen molar-refractivity contribution in [2.75, 3.05) is 18.9 Å². The Bertz CT molecular complexity index is 213. The lowest BCUT2D eigenvalue weighted by Crippen LogP contribution is -2.16. The Morgan fingerprint density at radius 1 is 1.73 bits per heavy atom. The highest BCUT2D eigenvalue weighted by Gasteiger charge is 1.96. The third-order valence-electron chi connectivity index (χ3n) is 1.16. The minimum atomic E-state index is 0.161. The molecule has 0 fully saturated rings. The van der Waals surface area contributed by atoms with Crippen molar-refractivity contribution in [1.29, 1.82) is 0 Å². The molecule has 1 aromatic heterocycles. The molecule has 0 aliphatic carbocycles. The molecule has 0 saturated heterocycles. The molecule has 62 valence electrons. The van der Waals surface area contributed by atoms with Gasteiger partial charge in [0.1, 0.15) is 0 Å². The van der Waals surface area contributed by atoms with Crippen molar-refractivity contribution in [3.05, 3.63) is 11.1 Å². The zero-order valence-corrected chi connectivity index (χ0v) is 6.90. The average Bonchev–Trinajstić information content (AvgIpc) is 2.37. The van der Waals surface area contributed by atoms with E-state index in [1.165, 1.54) is 11.3 Å². The number of anilines is 1. The molecule has 0 saturated carbocycles. The zero-order chi connectivity index (χ0) is 8.10. The van der Waals surface area contributed by atoms with Crippen LogP contribution in [0.2, 0.25) is 0 Å². The van der Waals surface area contributed by atoms with Gasteiger partial charge >= 0.3 is 0 Å². The van der Waals surface area contributed by atoms with Crippen LogP contribution >= 0.6 is 11.3 Å². The number of hydrogen-bond acceptors (Lipinski definition) is 5. The Balaban J connectivity index is 2.27. The van der Waals surface area contributed by atoms with Crippen molar-refractivity contribution in [3.63, 3.8) is 0 Å². The van der Waals surface area contributed by atoms with Crippen LogP contribution < -0.4 is 11.1 Å². The van der Waals surface area contributed by atoms with E-state index in [-0.39, 0.29) is 6.61 Å². The molecule has 1 heterocycles. The molecule has 1 rings (SSSR count). The molecule has 0 atom stereocenters. The molecule has 5 heteroatoms. The monoisotopic (exact) mass is 173 g/mol. The fourth-order valence-electron chi connectivity index (χ4n) is 0.695. The highest BCUT2D eigenvalue weighted by Crippen LogP contribution is 2.13. The van der Waals surface area contributed by atoms with Gasteiger partial charge in [-0.3, -0.25) is 0 Å². The van der Waals surface area contributed by atoms with Gasteiger partial charge in [-0.1, -0.05) is 0 Å². The summed E-state index contributed by atoms with van der Waals surface area (Å²) in [6.45, 7) is 1.50. The first-order valence-electron chi connectivity index (χ1n) is 3.34. The van der Waals surface area contributed by atoms with Crippen molar-refractivity contribution in [2.45, 2.75) is 6.54 Å². The van der Waals surface area contributed by atoms with E-state index in [2.05, 4.69) is 10.3 Å². The van der Waals surface area contributed by atoms with Crippen LogP contribution in [0.3, 0.4) is 0 Å². The van der Waals surface area contributed by atoms with Crippen molar-refractivity contribution in [3.8, 4) is 0 Å². The Hall–Kier alpha value is -0.650. The maximum atomic E-state index is 8.45. The normalized spacial score (nSPS) is 10.3. The lowest BCUT2D eigenvalue weighted by atomic mass is 10.5. The Morgan fingerprint density at radius 2 is 2.55 bits per heavy atom. The number of aromatic nitrogens is 1. The minimum absolute atomic E-state index is 0.161. The number of thiazole rings is 1. The average molecular weight is 173 g/mol. The molecule has 0 aliphatic rings. The SMILES string of the molecule is Nc1ncc(CNCCO)s1. The molecular weight excluding hydrogens is 162 g/mol. The second-order valence-corrected chi connectivity index (χ2v) is 3.21. The first-order chi connectivity index (χ1) is 5.33. The summed E-state index contributed by atoms with van der Waals surface area (Å²) in [6, 6.07) is 0. The lowest BCUT2D eigenvalue weighted by molar-refractivity contribution is 0.292. The van der Waals surface area contributed by atoms with E-state index in [1.807, 2.05) is 0 Å². The zero-order valence-electron chi connectivity index (χ0n) is 6.08. The summed E-state index contributed by atoms with van der Waals surface area (Å²) in [4.78, 5) is 4.98. The predicted molar refractivity (Wildman–Crippen MR) is 45.3 cm³/mol. The smallest absolute Gasteiger partial charge is 0.180 e. The third kappa shape index (κ3) is 2.83. The lowest BCUT2D eigenvalue weighted by Gasteiger charge is -1.96. The molecule has 4 N–H and O–H groups in total. The molecule has 0 aliphatic heterocycles. The number of rotatable bonds is 4. The van der Waals surface area contributed by atoms with Crippen LogP contribution in [-0.2, 0) is 6.54 Å². The molecular formula is C6H11N3OS. The van der Waals surface area contributed by atoms with Gasteiger partial charge in [0.05, 0.1) is 6.61 Å². The van der Waals surface area contributed by atoms with E-state index < -0.39 is 0 Å². The molecule has 11 heavy (non-hydrogen) atoms. The quantitative estimate of drug-likeness (QED) is 0.552. The number of nitrogens with one attached hydrogen (secondary N) is 1. The van der Waals surface area contributed by atoms with Crippen LogP contribution in [0.15, 0.2) is 6.20 Å². The summed E-state index contributed by atoms with van der Waals surface area (Å²) in [6.07, 6.45) is 1.74. The number of nitrogen functional groups attached to an aromatic ring is 1. The van der Waals surface area contributed by atoms with Gasteiger partial charge in [-0.25, -0.2) is 4.98 Å². The fraction of sp³-hybridized carbons (Fsp3) is 0.500. The predicted octanol–water partition coefficient (Wildman–Crippen LogP) is -0.193. The van der Waals surface area contributed by atoms with Gasteiger partial charge in [0, 0.05) is 24.2 Å². The molecule has 4 nitrogen and oxygen atoms in total. The van der Waals surface area contributed by atoms with E-state index in [0.717, 1.165) is 11.4 Å². The Labute approximate surface area is 69.1 Å². The summed E-state index contributed by atoms with van der Waals surface area (Å²) in [5, 5.41) is 12.1. The largest absolute Gasteiger partial charge is 0.395 e. The van der Waals surface area contributed by atoms with Crippen LogP contribution in [0.25, 0.3) is 0 Å². The first kappa shape index (κ1) is 8.45. The molecule has 0 unspecified atom stereocenters. The molecule has 0 bridgehead atoms. The number of nitrogens with zero attached hydrogens (tertiary/aromatic N) is 1. The molecule has 0 aromatic carbocycles. The van der Waals surface area contributed by atoms with Crippen LogP contribution in [0.4, 0.5) is 5.13 Å². The van der Waals surface area contributed by atoms with Gasteiger partial charge < -0.3 is 16.2 Å². The molecule has 0 radical (unpaired) electrons. The molecule has 1 aromatic rings. The Kier molecular flexibility index (Phi) is 3.28. The van der Waals surface area contributed by atoms with Crippen LogP contribution in [0.1, 0.15) is 4.88 Å². The summed E-state index contributed by atoms with van der Waals surface area (Å²) in [5.41, 5.74) is 5.41. The van der Waals surface area contributed by atoms with Gasteiger partial charge in [0.15, 0.2) is 5.13 Å². The topological polar surface area (TPSA) is 71.2 Å². The van der Waals surface area contributed by atoms with Crippen molar-refractivity contribution >= 4 is 16.5 Å². The number of aliphatic hydroxyl groups excluding tert-OH is 1. The summed E-state index contributed by atoms with van der Waals surface area (Å²) in [5.74, 6) is 0. The van der Waals surface area contributed by atoms with Gasteiger partial charge in [-0.15, -0.1) is 11.3 Å². The second kappa shape index (κ2) is 4.27. The minimum Gasteiger partial charge on any atom is -0.395 e. The number of nitrogens with two attached hydrogens (primary N) is 1. The Morgan fingerprint density at radius 3 is 3.09 bits per heavy atom. The fourth-order valence-corrected chi connectivity index (χ4v) is 1.35. The summed E-state index contributed by atoms with van der Waals surface area (Å²) >= 11 is 1.46. The van der Waals surface area contributed by atoms with Gasteiger partial charge in [0.2, 0.25) is 0 Å². The molecule has 0 spiro atoms. The first-order valence-corrected chi connectivity index (χ1v) is 4.16. The van der Waals surface area contributed by atoms with E-state index in [1.54, 1.807) is 6.20 Å². The van der Waals surface area contributed by atoms with Gasteiger partial charge in [-0.2, -0.15) is 0 Å². The van der Waals surface area contributed by atoms with Crippen molar-refractivity contribution in [1.82, 2.24) is 10.3 Å². The number of aliphatic hydroxyl groups is 1. The maximum Gasteiger partial charge on any atom is 0.180 e. The van der Waals surface area contributed by atoms with E-state index in [4.69, 9.17) is 10.8 Å². The summed E-state index contributed by atoms with van der Waals surface area (Å²) in [7, 11) is 0. The standard InChI is InChI=1S/C6H11N3OS/c7-6-9-4-5(11-6)3-8-1-2-10/h4,8,10H,1-3H2,(H2,7,9). The van der Waals surface area contributed by atoms with Crippen LogP contribution in [0, 0.1) is 0 Å². The summed E-state index contributed by atoms with van der Waals surface area (Å²) < 4.78 is 0. The van der Waals surface area contributed by atoms with E-state index >= 15 is 0 Å². The van der Waals surface area contributed by atoms with Crippen LogP contribution in [-0.4, -0.2) is 23.2 Å². The van der Waals surface area contributed by atoms with Gasteiger partial charge in [0.25, 0.3) is 0 Å². The van der Waals surface area contributed by atoms with Crippen LogP contribution in [0.5, 0.6) is 0 Å².